The van der Waals surface area contributed by atoms with Gasteiger partial charge in [-0.15, -0.1) is 0 Å². The van der Waals surface area contributed by atoms with Crippen LogP contribution in [0.5, 0.6) is 5.75 Å². The number of benzene rings is 2. The number of nitrogens with zero attached hydrogens (tertiary/aromatic N) is 1. The Morgan fingerprint density at radius 3 is 2.16 bits per heavy atom. The molecule has 2 N–H and O–H groups in total. The molecule has 19 heavy (non-hydrogen) atoms. The van der Waals surface area contributed by atoms with Gasteiger partial charge in [0.2, 0.25) is 0 Å². The molecule has 0 aromatic heterocycles. The molecule has 0 unspecified atom stereocenters. The van der Waals surface area contributed by atoms with Gasteiger partial charge in [0.15, 0.2) is 0 Å². The molecule has 0 saturated heterocycles. The van der Waals surface area contributed by atoms with Gasteiger partial charge in [0.1, 0.15) is 11.3 Å². The number of carbonyl (C=O) groups is 1. The molecule has 0 aliphatic rings. The molecule has 0 spiro atoms. The molecular formula is C13H9NO5. The summed E-state index contributed by atoms with van der Waals surface area (Å²) in [6.45, 7) is 0. The van der Waals surface area contributed by atoms with Gasteiger partial charge in [-0.2, -0.15) is 0 Å². The maximum absolute atomic E-state index is 10.9. The lowest BCUT2D eigenvalue weighted by molar-refractivity contribution is -0.385. The zero-order valence-corrected chi connectivity index (χ0v) is 9.61. The lowest BCUT2D eigenvalue weighted by Crippen LogP contribution is -2.02. The first kappa shape index (κ1) is 12.6. The zero-order chi connectivity index (χ0) is 14.0. The van der Waals surface area contributed by atoms with E-state index in [1.54, 1.807) is 12.1 Å². The third-order valence-electron chi connectivity index (χ3n) is 2.63. The molecule has 0 saturated carbocycles. The predicted octanol–water partition coefficient (Wildman–Crippen LogP) is 2.67. The lowest BCUT2D eigenvalue weighted by Gasteiger charge is -2.04. The highest BCUT2D eigenvalue weighted by Crippen LogP contribution is 2.28. The van der Waals surface area contributed by atoms with Crippen LogP contribution in [0.3, 0.4) is 0 Å². The number of carboxylic acids is 1. The van der Waals surface area contributed by atoms with E-state index in [1.165, 1.54) is 30.3 Å². The van der Waals surface area contributed by atoms with Crippen LogP contribution in [0.25, 0.3) is 11.1 Å². The minimum atomic E-state index is -1.34. The molecule has 0 bridgehead atoms. The van der Waals surface area contributed by atoms with E-state index in [0.717, 1.165) is 0 Å². The third kappa shape index (κ3) is 2.52. The molecule has 0 atom stereocenters. The number of rotatable bonds is 3. The Morgan fingerprint density at radius 1 is 1.05 bits per heavy atom. The summed E-state index contributed by atoms with van der Waals surface area (Å²) >= 11 is 0. The minimum absolute atomic E-state index is 0.0837. The molecule has 2 rings (SSSR count). The summed E-state index contributed by atoms with van der Waals surface area (Å²) in [5.74, 6) is -1.26. The fraction of sp³-hybridized carbons (Fsp3) is 0. The van der Waals surface area contributed by atoms with Crippen LogP contribution in [0.15, 0.2) is 42.5 Å². The normalized spacial score (nSPS) is 10.1. The van der Waals surface area contributed by atoms with E-state index in [-0.39, 0.29) is 11.3 Å². The molecule has 0 aliphatic carbocycles. The fourth-order valence-corrected chi connectivity index (χ4v) is 1.70. The number of aromatic hydroxyl groups is 1. The van der Waals surface area contributed by atoms with Gasteiger partial charge >= 0.3 is 5.97 Å². The van der Waals surface area contributed by atoms with Crippen molar-refractivity contribution in [3.8, 4) is 16.9 Å². The van der Waals surface area contributed by atoms with Crippen LogP contribution in [0.1, 0.15) is 10.4 Å². The molecule has 0 aliphatic heterocycles. The second-order valence-corrected chi connectivity index (χ2v) is 3.84. The van der Waals surface area contributed by atoms with Crippen LogP contribution in [-0.4, -0.2) is 21.1 Å². The van der Waals surface area contributed by atoms with Crippen LogP contribution in [0, 0.1) is 10.1 Å². The van der Waals surface area contributed by atoms with Crippen molar-refractivity contribution in [3.05, 3.63) is 58.1 Å². The Balaban J connectivity index is 2.55. The highest BCUT2D eigenvalue weighted by Gasteiger charge is 2.20. The number of aromatic carboxylic acids is 1. The molecular weight excluding hydrogens is 250 g/mol. The second kappa shape index (κ2) is 4.77. The highest BCUT2D eigenvalue weighted by atomic mass is 16.6. The Kier molecular flexibility index (Phi) is 3.15. The molecule has 6 nitrogen and oxygen atoms in total. The number of hydrogen-bond acceptors (Lipinski definition) is 4. The van der Waals surface area contributed by atoms with E-state index in [1.807, 2.05) is 0 Å². The monoisotopic (exact) mass is 259 g/mol. The Labute approximate surface area is 107 Å². The van der Waals surface area contributed by atoms with E-state index in [4.69, 9.17) is 5.11 Å². The number of phenolic OH excluding ortho intramolecular Hbond substituents is 1. The quantitative estimate of drug-likeness (QED) is 0.651. The maximum atomic E-state index is 10.9. The standard InChI is InChI=1S/C13H9NO5/c15-10-4-1-8(2-5-10)9-3-6-11(13(16)17)12(7-9)14(18)19/h1-7,15H,(H,16,17). The van der Waals surface area contributed by atoms with Crippen LogP contribution in [-0.2, 0) is 0 Å². The molecule has 0 fully saturated rings. The third-order valence-corrected chi connectivity index (χ3v) is 2.63. The molecule has 96 valence electrons. The number of nitro groups is 1. The van der Waals surface area contributed by atoms with Gasteiger partial charge in [-0.3, -0.25) is 10.1 Å². The summed E-state index contributed by atoms with van der Waals surface area (Å²) in [4.78, 5) is 21.0. The summed E-state index contributed by atoms with van der Waals surface area (Å²) in [6.07, 6.45) is 0. The average Bonchev–Trinajstić information content (AvgIpc) is 2.38. The summed E-state index contributed by atoms with van der Waals surface area (Å²) in [6, 6.07) is 9.98. The summed E-state index contributed by atoms with van der Waals surface area (Å²) in [5, 5.41) is 28.9. The van der Waals surface area contributed by atoms with Crippen LogP contribution in [0.4, 0.5) is 5.69 Å². The highest BCUT2D eigenvalue weighted by molar-refractivity contribution is 5.93. The van der Waals surface area contributed by atoms with E-state index in [2.05, 4.69) is 0 Å². The summed E-state index contributed by atoms with van der Waals surface area (Å²) < 4.78 is 0. The molecule has 2 aromatic rings. The smallest absolute Gasteiger partial charge is 0.342 e. The molecule has 6 heteroatoms. The SMILES string of the molecule is O=C(O)c1ccc(-c2ccc(O)cc2)cc1[N+](=O)[O-]. The average molecular weight is 259 g/mol. The van der Waals surface area contributed by atoms with Crippen molar-refractivity contribution < 1.29 is 19.9 Å². The number of phenols is 1. The van der Waals surface area contributed by atoms with Gasteiger partial charge < -0.3 is 10.2 Å². The van der Waals surface area contributed by atoms with Crippen LogP contribution < -0.4 is 0 Å². The van der Waals surface area contributed by atoms with Crippen molar-refractivity contribution >= 4 is 11.7 Å². The van der Waals surface area contributed by atoms with E-state index in [9.17, 15) is 20.0 Å². The predicted molar refractivity (Wildman–Crippen MR) is 67.2 cm³/mol. The van der Waals surface area contributed by atoms with Gasteiger partial charge in [0.25, 0.3) is 5.69 Å². The van der Waals surface area contributed by atoms with E-state index < -0.39 is 16.6 Å². The van der Waals surface area contributed by atoms with Crippen molar-refractivity contribution in [2.75, 3.05) is 0 Å². The van der Waals surface area contributed by atoms with E-state index in [0.29, 0.717) is 11.1 Å². The Bertz CT molecular complexity index is 649. The molecule has 0 heterocycles. The number of hydrogen-bond donors (Lipinski definition) is 2. The molecule has 2 aromatic carbocycles. The Morgan fingerprint density at radius 2 is 1.63 bits per heavy atom. The summed E-state index contributed by atoms with van der Waals surface area (Å²) in [5.41, 5.74) is 0.347. The first-order valence-corrected chi connectivity index (χ1v) is 5.30. The van der Waals surface area contributed by atoms with Crippen molar-refractivity contribution in [1.29, 1.82) is 0 Å². The molecule has 0 radical (unpaired) electrons. The molecule has 0 amide bonds. The van der Waals surface area contributed by atoms with Crippen molar-refractivity contribution in [1.82, 2.24) is 0 Å². The van der Waals surface area contributed by atoms with Crippen molar-refractivity contribution in [2.45, 2.75) is 0 Å². The zero-order valence-electron chi connectivity index (χ0n) is 9.61. The largest absolute Gasteiger partial charge is 0.508 e. The first-order valence-electron chi connectivity index (χ1n) is 5.30. The van der Waals surface area contributed by atoms with Crippen molar-refractivity contribution in [3.63, 3.8) is 0 Å². The minimum Gasteiger partial charge on any atom is -0.508 e. The van der Waals surface area contributed by atoms with Crippen LogP contribution in [0.2, 0.25) is 0 Å². The number of nitro benzene ring substituents is 1. The van der Waals surface area contributed by atoms with Gasteiger partial charge in [0, 0.05) is 6.07 Å². The van der Waals surface area contributed by atoms with E-state index >= 15 is 0 Å². The van der Waals surface area contributed by atoms with Gasteiger partial charge in [-0.25, -0.2) is 4.79 Å². The van der Waals surface area contributed by atoms with Gasteiger partial charge in [0.05, 0.1) is 4.92 Å². The topological polar surface area (TPSA) is 101 Å². The lowest BCUT2D eigenvalue weighted by atomic mass is 10.0. The van der Waals surface area contributed by atoms with Gasteiger partial charge in [-0.1, -0.05) is 18.2 Å². The maximum Gasteiger partial charge on any atom is 0.342 e. The second-order valence-electron chi connectivity index (χ2n) is 3.84. The number of carboxylic acid groups (broad SMARTS) is 1. The fourth-order valence-electron chi connectivity index (χ4n) is 1.70. The van der Waals surface area contributed by atoms with Gasteiger partial charge in [-0.05, 0) is 29.3 Å². The Hall–Kier alpha value is -2.89. The van der Waals surface area contributed by atoms with Crippen molar-refractivity contribution in [2.24, 2.45) is 0 Å². The van der Waals surface area contributed by atoms with Crippen LogP contribution >= 0.6 is 0 Å². The first-order chi connectivity index (χ1) is 8.99. The summed E-state index contributed by atoms with van der Waals surface area (Å²) in [7, 11) is 0.